The van der Waals surface area contributed by atoms with Gasteiger partial charge in [0.25, 0.3) is 15.6 Å². The molecule has 1 saturated heterocycles. The molecule has 0 saturated carbocycles. The van der Waals surface area contributed by atoms with Crippen LogP contribution in [-0.4, -0.2) is 35.8 Å². The van der Waals surface area contributed by atoms with Crippen molar-refractivity contribution < 1.29 is 8.42 Å². The quantitative estimate of drug-likeness (QED) is 0.859. The standard InChI is InChI=1S/C17H19N3O4S/c21-16-15(25(23,24)20-11-5-2-6-12-20)14(18-17(22)19-16)10-9-13-7-3-1-4-8-13/h1,3-4,7-10H,2,5-6,11-12H2,(H2,18,19,21,22). The summed E-state index contributed by atoms with van der Waals surface area (Å²) in [7, 11) is -3.98. The van der Waals surface area contributed by atoms with Gasteiger partial charge in [-0.05, 0) is 24.5 Å². The van der Waals surface area contributed by atoms with Crippen molar-refractivity contribution >= 4 is 22.2 Å². The third-order valence-electron chi connectivity index (χ3n) is 4.08. The van der Waals surface area contributed by atoms with Crippen LogP contribution in [0, 0.1) is 0 Å². The van der Waals surface area contributed by atoms with Crippen LogP contribution in [0.3, 0.4) is 0 Å². The molecule has 0 spiro atoms. The molecular weight excluding hydrogens is 342 g/mol. The van der Waals surface area contributed by atoms with Gasteiger partial charge in [0.15, 0.2) is 4.90 Å². The highest BCUT2D eigenvalue weighted by atomic mass is 32.2. The third kappa shape index (κ3) is 3.80. The molecule has 0 aliphatic carbocycles. The normalized spacial score (nSPS) is 16.3. The lowest BCUT2D eigenvalue weighted by Crippen LogP contribution is -2.40. The zero-order valence-electron chi connectivity index (χ0n) is 13.6. The zero-order valence-corrected chi connectivity index (χ0v) is 14.4. The van der Waals surface area contributed by atoms with E-state index in [9.17, 15) is 18.0 Å². The summed E-state index contributed by atoms with van der Waals surface area (Å²) in [6.45, 7) is 0.755. The topological polar surface area (TPSA) is 103 Å². The molecule has 1 aliphatic rings. The lowest BCUT2D eigenvalue weighted by atomic mass is 10.2. The number of hydrogen-bond acceptors (Lipinski definition) is 4. The van der Waals surface area contributed by atoms with E-state index in [0.29, 0.717) is 13.1 Å². The van der Waals surface area contributed by atoms with Crippen molar-refractivity contribution in [2.75, 3.05) is 13.1 Å². The number of piperidine rings is 1. The van der Waals surface area contributed by atoms with Gasteiger partial charge in [-0.3, -0.25) is 9.78 Å². The fourth-order valence-electron chi connectivity index (χ4n) is 2.84. The first-order chi connectivity index (χ1) is 12.0. The summed E-state index contributed by atoms with van der Waals surface area (Å²) in [5.41, 5.74) is -0.828. The van der Waals surface area contributed by atoms with Crippen LogP contribution in [-0.2, 0) is 10.0 Å². The maximum absolute atomic E-state index is 12.9. The van der Waals surface area contributed by atoms with Gasteiger partial charge in [-0.2, -0.15) is 4.31 Å². The van der Waals surface area contributed by atoms with Gasteiger partial charge in [0.05, 0.1) is 5.69 Å². The summed E-state index contributed by atoms with van der Waals surface area (Å²) in [6, 6.07) is 9.21. The van der Waals surface area contributed by atoms with E-state index in [4.69, 9.17) is 0 Å². The number of aromatic nitrogens is 2. The monoisotopic (exact) mass is 361 g/mol. The van der Waals surface area contributed by atoms with E-state index in [-0.39, 0.29) is 5.69 Å². The Morgan fingerprint density at radius 3 is 2.28 bits per heavy atom. The van der Waals surface area contributed by atoms with Gasteiger partial charge in [0.1, 0.15) is 0 Å². The Bertz CT molecular complexity index is 985. The largest absolute Gasteiger partial charge is 0.326 e. The Morgan fingerprint density at radius 2 is 1.60 bits per heavy atom. The van der Waals surface area contributed by atoms with E-state index in [1.54, 1.807) is 6.08 Å². The second kappa shape index (κ2) is 7.20. The van der Waals surface area contributed by atoms with Crippen molar-refractivity contribution in [2.24, 2.45) is 0 Å². The summed E-state index contributed by atoms with van der Waals surface area (Å²) in [4.78, 5) is 27.9. The molecule has 0 bridgehead atoms. The van der Waals surface area contributed by atoms with Crippen LogP contribution in [0.4, 0.5) is 0 Å². The van der Waals surface area contributed by atoms with Crippen molar-refractivity contribution in [3.8, 4) is 0 Å². The minimum absolute atomic E-state index is 0.0109. The van der Waals surface area contributed by atoms with E-state index in [1.807, 2.05) is 35.3 Å². The molecule has 2 heterocycles. The number of hydrogen-bond donors (Lipinski definition) is 2. The maximum atomic E-state index is 12.9. The van der Waals surface area contributed by atoms with Gasteiger partial charge in [0, 0.05) is 13.1 Å². The van der Waals surface area contributed by atoms with Crippen LogP contribution in [0.1, 0.15) is 30.5 Å². The fourth-order valence-corrected chi connectivity index (χ4v) is 4.52. The number of nitrogens with one attached hydrogen (secondary N) is 2. The Morgan fingerprint density at radius 1 is 0.920 bits per heavy atom. The lowest BCUT2D eigenvalue weighted by molar-refractivity contribution is 0.346. The minimum Gasteiger partial charge on any atom is -0.306 e. The van der Waals surface area contributed by atoms with Gasteiger partial charge >= 0.3 is 5.69 Å². The number of aromatic amines is 2. The Labute approximate surface area is 145 Å². The molecular formula is C17H19N3O4S. The molecule has 1 aromatic carbocycles. The molecule has 132 valence electrons. The van der Waals surface area contributed by atoms with Crippen molar-refractivity contribution in [1.29, 1.82) is 0 Å². The SMILES string of the molecule is O=c1[nH]c(C=Cc2ccccc2)c(S(=O)(=O)N2CCCCC2)c(=O)[nH]1. The first kappa shape index (κ1) is 17.4. The maximum Gasteiger partial charge on any atom is 0.326 e. The Balaban J connectivity index is 2.08. The predicted octanol–water partition coefficient (Wildman–Crippen LogP) is 1.41. The van der Waals surface area contributed by atoms with Crippen molar-refractivity contribution in [2.45, 2.75) is 24.2 Å². The number of benzene rings is 1. The summed E-state index contributed by atoms with van der Waals surface area (Å²) in [5.74, 6) is 0. The highest BCUT2D eigenvalue weighted by Gasteiger charge is 2.31. The van der Waals surface area contributed by atoms with Gasteiger partial charge in [0.2, 0.25) is 0 Å². The number of H-pyrrole nitrogens is 2. The van der Waals surface area contributed by atoms with E-state index in [1.165, 1.54) is 10.4 Å². The van der Waals surface area contributed by atoms with Crippen molar-refractivity contribution in [3.63, 3.8) is 0 Å². The van der Waals surface area contributed by atoms with Gasteiger partial charge < -0.3 is 4.98 Å². The Hall–Kier alpha value is -2.45. The molecule has 1 fully saturated rings. The second-order valence-corrected chi connectivity index (χ2v) is 7.73. The lowest BCUT2D eigenvalue weighted by Gasteiger charge is -2.25. The average molecular weight is 361 g/mol. The molecule has 1 aliphatic heterocycles. The molecule has 2 N–H and O–H groups in total. The number of rotatable bonds is 4. The first-order valence-electron chi connectivity index (χ1n) is 8.08. The van der Waals surface area contributed by atoms with Gasteiger partial charge in [-0.15, -0.1) is 0 Å². The number of nitrogens with zero attached hydrogens (tertiary/aromatic N) is 1. The van der Waals surface area contributed by atoms with Crippen LogP contribution in [0.15, 0.2) is 44.8 Å². The zero-order chi connectivity index (χ0) is 17.9. The van der Waals surface area contributed by atoms with Crippen LogP contribution in [0.25, 0.3) is 12.2 Å². The summed E-state index contributed by atoms with van der Waals surface area (Å²) < 4.78 is 27.1. The third-order valence-corrected chi connectivity index (χ3v) is 6.05. The van der Waals surface area contributed by atoms with Gasteiger partial charge in [-0.25, -0.2) is 13.2 Å². The van der Waals surface area contributed by atoms with E-state index < -0.39 is 26.2 Å². The van der Waals surface area contributed by atoms with E-state index in [2.05, 4.69) is 4.98 Å². The summed E-state index contributed by atoms with van der Waals surface area (Å²) in [5, 5.41) is 0. The molecule has 8 heteroatoms. The first-order valence-corrected chi connectivity index (χ1v) is 9.52. The van der Waals surface area contributed by atoms with E-state index in [0.717, 1.165) is 24.8 Å². The highest BCUT2D eigenvalue weighted by Crippen LogP contribution is 2.20. The molecule has 1 aromatic heterocycles. The highest BCUT2D eigenvalue weighted by molar-refractivity contribution is 7.89. The van der Waals surface area contributed by atoms with Gasteiger partial charge in [-0.1, -0.05) is 42.8 Å². The predicted molar refractivity (Wildman–Crippen MR) is 95.7 cm³/mol. The van der Waals surface area contributed by atoms with Crippen LogP contribution in [0.2, 0.25) is 0 Å². The molecule has 0 unspecified atom stereocenters. The fraction of sp³-hybridized carbons (Fsp3) is 0.294. The molecule has 3 rings (SSSR count). The second-order valence-electron chi connectivity index (χ2n) is 5.86. The van der Waals surface area contributed by atoms with Crippen molar-refractivity contribution in [1.82, 2.24) is 14.3 Å². The van der Waals surface area contributed by atoms with Crippen LogP contribution < -0.4 is 11.2 Å². The molecule has 7 nitrogen and oxygen atoms in total. The molecule has 25 heavy (non-hydrogen) atoms. The molecule has 0 radical (unpaired) electrons. The summed E-state index contributed by atoms with van der Waals surface area (Å²) in [6.07, 6.45) is 5.59. The van der Waals surface area contributed by atoms with E-state index >= 15 is 0 Å². The molecule has 0 atom stereocenters. The number of sulfonamides is 1. The summed E-state index contributed by atoms with van der Waals surface area (Å²) >= 11 is 0. The minimum atomic E-state index is -3.98. The van der Waals surface area contributed by atoms with Crippen molar-refractivity contribution in [3.05, 3.63) is 62.4 Å². The Kier molecular flexibility index (Phi) is 5.00. The molecule has 0 amide bonds. The smallest absolute Gasteiger partial charge is 0.306 e. The average Bonchev–Trinajstić information content (AvgIpc) is 2.61. The van der Waals surface area contributed by atoms with Crippen LogP contribution >= 0.6 is 0 Å². The molecule has 2 aromatic rings. The van der Waals surface area contributed by atoms with Crippen LogP contribution in [0.5, 0.6) is 0 Å².